The number of nitrogens with one attached hydrogen (secondary N) is 1. The molecule has 0 saturated carbocycles. The number of hydrogen-bond acceptors (Lipinski definition) is 4. The van der Waals surface area contributed by atoms with Crippen LogP contribution in [0.2, 0.25) is 0 Å². The molecule has 1 heterocycles. The quantitative estimate of drug-likeness (QED) is 0.917. The summed E-state index contributed by atoms with van der Waals surface area (Å²) < 4.78 is 18.7. The van der Waals surface area contributed by atoms with Crippen molar-refractivity contribution in [2.45, 2.75) is 6.92 Å². The van der Waals surface area contributed by atoms with Crippen LogP contribution in [-0.2, 0) is 0 Å². The zero-order valence-corrected chi connectivity index (χ0v) is 10.6. The summed E-state index contributed by atoms with van der Waals surface area (Å²) in [4.78, 5) is 4.19. The lowest BCUT2D eigenvalue weighted by Crippen LogP contribution is -2.00. The van der Waals surface area contributed by atoms with Crippen molar-refractivity contribution in [2.24, 2.45) is 0 Å². The van der Waals surface area contributed by atoms with E-state index in [1.165, 1.54) is 25.3 Å². The van der Waals surface area contributed by atoms with Crippen LogP contribution in [0.4, 0.5) is 15.9 Å². The van der Waals surface area contributed by atoms with Crippen LogP contribution in [0.15, 0.2) is 30.3 Å². The molecule has 1 aromatic carbocycles. The van der Waals surface area contributed by atoms with E-state index in [4.69, 9.17) is 10.00 Å². The number of halogens is 1. The third-order valence-electron chi connectivity index (χ3n) is 2.58. The lowest BCUT2D eigenvalue weighted by molar-refractivity contribution is 0.414. The van der Waals surface area contributed by atoms with Crippen LogP contribution in [0.1, 0.15) is 11.3 Å². The Morgan fingerprint density at radius 2 is 2.11 bits per heavy atom. The number of benzene rings is 1. The van der Waals surface area contributed by atoms with Crippen molar-refractivity contribution < 1.29 is 9.13 Å². The molecule has 0 aliphatic heterocycles. The summed E-state index contributed by atoms with van der Waals surface area (Å²) in [6, 6.07) is 9.71. The van der Waals surface area contributed by atoms with Gasteiger partial charge in [0.25, 0.3) is 0 Å². The van der Waals surface area contributed by atoms with Crippen LogP contribution >= 0.6 is 0 Å². The molecule has 0 bridgehead atoms. The van der Waals surface area contributed by atoms with Gasteiger partial charge in [-0.3, -0.25) is 0 Å². The van der Waals surface area contributed by atoms with Crippen molar-refractivity contribution >= 4 is 11.5 Å². The summed E-state index contributed by atoms with van der Waals surface area (Å²) in [7, 11) is 1.50. The van der Waals surface area contributed by atoms with E-state index >= 15 is 0 Å². The number of aromatic nitrogens is 1. The number of pyridine rings is 1. The van der Waals surface area contributed by atoms with Crippen molar-refractivity contribution in [1.29, 1.82) is 5.26 Å². The van der Waals surface area contributed by atoms with Crippen molar-refractivity contribution in [2.75, 3.05) is 12.4 Å². The van der Waals surface area contributed by atoms with Crippen LogP contribution in [0.25, 0.3) is 0 Å². The number of nitriles is 1. The Hall–Kier alpha value is -2.61. The number of rotatable bonds is 3. The van der Waals surface area contributed by atoms with Crippen molar-refractivity contribution in [3.8, 4) is 11.8 Å². The molecule has 0 amide bonds. The first kappa shape index (κ1) is 12.8. The Bertz CT molecular complexity index is 650. The fourth-order valence-electron chi connectivity index (χ4n) is 1.60. The monoisotopic (exact) mass is 257 g/mol. The fraction of sp³-hybridized carbons (Fsp3) is 0.143. The highest BCUT2D eigenvalue weighted by molar-refractivity contribution is 5.64. The molecule has 0 atom stereocenters. The van der Waals surface area contributed by atoms with E-state index < -0.39 is 5.82 Å². The lowest BCUT2D eigenvalue weighted by Gasteiger charge is -2.10. The normalized spacial score (nSPS) is 9.79. The molecular formula is C14H12FN3O. The Morgan fingerprint density at radius 3 is 2.79 bits per heavy atom. The molecule has 2 aromatic rings. The molecule has 4 nitrogen and oxygen atoms in total. The highest BCUT2D eigenvalue weighted by Gasteiger charge is 2.09. The van der Waals surface area contributed by atoms with Gasteiger partial charge in [-0.1, -0.05) is 0 Å². The van der Waals surface area contributed by atoms with E-state index in [0.717, 1.165) is 5.69 Å². The van der Waals surface area contributed by atoms with Gasteiger partial charge in [0.2, 0.25) is 0 Å². The topological polar surface area (TPSA) is 57.9 Å². The van der Waals surface area contributed by atoms with Gasteiger partial charge in [-0.2, -0.15) is 5.26 Å². The van der Waals surface area contributed by atoms with Crippen LogP contribution in [0.5, 0.6) is 5.75 Å². The van der Waals surface area contributed by atoms with Gasteiger partial charge in [0, 0.05) is 11.8 Å². The molecule has 2 rings (SSSR count). The molecule has 5 heteroatoms. The summed E-state index contributed by atoms with van der Waals surface area (Å²) in [6.45, 7) is 1.80. The number of hydrogen-bond donors (Lipinski definition) is 1. The second-order valence-electron chi connectivity index (χ2n) is 3.93. The molecule has 0 unspecified atom stereocenters. The number of nitrogens with zero attached hydrogens (tertiary/aromatic N) is 2. The zero-order chi connectivity index (χ0) is 13.8. The average molecular weight is 257 g/mol. The lowest BCUT2D eigenvalue weighted by atomic mass is 10.2. The SMILES string of the molecule is COc1ccc(F)c(Nc2nc(C)ccc2C#N)c1. The molecule has 1 N–H and O–H groups in total. The van der Waals surface area contributed by atoms with Crippen molar-refractivity contribution in [1.82, 2.24) is 4.98 Å². The maximum atomic E-state index is 13.7. The standard InChI is InChI=1S/C14H12FN3O/c1-9-3-4-10(8-16)14(17-9)18-13-7-11(19-2)5-6-12(13)15/h3-7H,1-2H3,(H,17,18). The third-order valence-corrected chi connectivity index (χ3v) is 2.58. The van der Waals surface area contributed by atoms with Gasteiger partial charge >= 0.3 is 0 Å². The van der Waals surface area contributed by atoms with Crippen molar-refractivity contribution in [3.63, 3.8) is 0 Å². The van der Waals surface area contributed by atoms with Gasteiger partial charge < -0.3 is 10.1 Å². The predicted molar refractivity (Wildman–Crippen MR) is 69.9 cm³/mol. The average Bonchev–Trinajstić information content (AvgIpc) is 2.41. The van der Waals surface area contributed by atoms with E-state index in [-0.39, 0.29) is 5.69 Å². The maximum absolute atomic E-state index is 13.7. The predicted octanol–water partition coefficient (Wildman–Crippen LogP) is 3.15. The minimum absolute atomic E-state index is 0.217. The van der Waals surface area contributed by atoms with Crippen LogP contribution in [-0.4, -0.2) is 12.1 Å². The molecule has 0 aliphatic rings. The van der Waals surface area contributed by atoms with E-state index in [0.29, 0.717) is 17.1 Å². The zero-order valence-electron chi connectivity index (χ0n) is 10.6. The van der Waals surface area contributed by atoms with E-state index in [2.05, 4.69) is 10.3 Å². The minimum atomic E-state index is -0.437. The number of anilines is 2. The summed E-state index contributed by atoms with van der Waals surface area (Å²) in [5, 5.41) is 11.8. The summed E-state index contributed by atoms with van der Waals surface area (Å²) in [5.74, 6) is 0.415. The van der Waals surface area contributed by atoms with Gasteiger partial charge in [0.15, 0.2) is 0 Å². The molecular weight excluding hydrogens is 245 g/mol. The maximum Gasteiger partial charge on any atom is 0.148 e. The first-order valence-corrected chi connectivity index (χ1v) is 5.62. The Labute approximate surface area is 110 Å². The van der Waals surface area contributed by atoms with Gasteiger partial charge in [0.1, 0.15) is 23.5 Å². The highest BCUT2D eigenvalue weighted by Crippen LogP contribution is 2.25. The van der Waals surface area contributed by atoms with Crippen LogP contribution in [0, 0.1) is 24.1 Å². The Morgan fingerprint density at radius 1 is 1.32 bits per heavy atom. The minimum Gasteiger partial charge on any atom is -0.497 e. The van der Waals surface area contributed by atoms with Gasteiger partial charge in [-0.25, -0.2) is 9.37 Å². The summed E-state index contributed by atoms with van der Waals surface area (Å²) >= 11 is 0. The highest BCUT2D eigenvalue weighted by atomic mass is 19.1. The molecule has 1 aromatic heterocycles. The number of aryl methyl sites for hydroxylation is 1. The fourth-order valence-corrected chi connectivity index (χ4v) is 1.60. The molecule has 0 saturated heterocycles. The first-order chi connectivity index (χ1) is 9.13. The summed E-state index contributed by atoms with van der Waals surface area (Å²) in [6.07, 6.45) is 0. The van der Waals surface area contributed by atoms with E-state index in [1.807, 2.05) is 6.07 Å². The molecule has 0 aliphatic carbocycles. The molecule has 19 heavy (non-hydrogen) atoms. The Kier molecular flexibility index (Phi) is 3.62. The second kappa shape index (κ2) is 5.36. The smallest absolute Gasteiger partial charge is 0.148 e. The van der Waals surface area contributed by atoms with Gasteiger partial charge in [-0.05, 0) is 31.2 Å². The third kappa shape index (κ3) is 2.80. The molecule has 96 valence electrons. The second-order valence-corrected chi connectivity index (χ2v) is 3.93. The van der Waals surface area contributed by atoms with E-state index in [1.54, 1.807) is 19.1 Å². The Balaban J connectivity index is 2.41. The first-order valence-electron chi connectivity index (χ1n) is 5.62. The molecule has 0 fully saturated rings. The van der Waals surface area contributed by atoms with Crippen LogP contribution < -0.4 is 10.1 Å². The van der Waals surface area contributed by atoms with E-state index in [9.17, 15) is 4.39 Å². The number of methoxy groups -OCH3 is 1. The molecule has 0 spiro atoms. The summed E-state index contributed by atoms with van der Waals surface area (Å²) in [5.41, 5.74) is 1.31. The number of ether oxygens (including phenoxy) is 1. The van der Waals surface area contributed by atoms with Crippen molar-refractivity contribution in [3.05, 3.63) is 47.4 Å². The largest absolute Gasteiger partial charge is 0.497 e. The van der Waals surface area contributed by atoms with Gasteiger partial charge in [-0.15, -0.1) is 0 Å². The van der Waals surface area contributed by atoms with Gasteiger partial charge in [0.05, 0.1) is 18.4 Å². The van der Waals surface area contributed by atoms with Crippen LogP contribution in [0.3, 0.4) is 0 Å². The molecule has 0 radical (unpaired) electrons.